The zero-order valence-electron chi connectivity index (χ0n) is 12.6. The molecule has 0 saturated heterocycles. The zero-order chi connectivity index (χ0) is 16.6. The van der Waals surface area contributed by atoms with Crippen LogP contribution in [0.5, 0.6) is 0 Å². The van der Waals surface area contributed by atoms with Crippen LogP contribution < -0.4 is 5.32 Å². The molecule has 0 saturated carbocycles. The zero-order valence-corrected chi connectivity index (χ0v) is 12.6. The maximum Gasteiger partial charge on any atom is 0.300 e. The van der Waals surface area contributed by atoms with Crippen molar-refractivity contribution in [2.45, 2.75) is 20.3 Å². The maximum atomic E-state index is 13.9. The standard InChI is InChI=1S/C17H14F2N2O2/c1-9-5-12(18)3-4-14(9)20-17-21-15-8-13(19)11(6-10(2)22)7-16(15)23-17/h3-5,7-8H,6H2,1-2H3,(H,20,21). The molecule has 0 aliphatic rings. The van der Waals surface area contributed by atoms with E-state index in [0.717, 1.165) is 0 Å². The van der Waals surface area contributed by atoms with Gasteiger partial charge in [-0.2, -0.15) is 4.98 Å². The number of Topliss-reactive ketones (excluding diaryl/α,β-unsaturated/α-hetero) is 1. The summed E-state index contributed by atoms with van der Waals surface area (Å²) in [4.78, 5) is 15.3. The first-order valence-electron chi connectivity index (χ1n) is 7.04. The monoisotopic (exact) mass is 316 g/mol. The molecule has 1 aromatic heterocycles. The topological polar surface area (TPSA) is 55.1 Å². The highest BCUT2D eigenvalue weighted by Gasteiger charge is 2.13. The lowest BCUT2D eigenvalue weighted by Gasteiger charge is -2.05. The van der Waals surface area contributed by atoms with Crippen LogP contribution in [0, 0.1) is 18.6 Å². The summed E-state index contributed by atoms with van der Waals surface area (Å²) in [6, 6.07) is 7.16. The minimum Gasteiger partial charge on any atom is -0.423 e. The fraction of sp³-hybridized carbons (Fsp3) is 0.176. The Morgan fingerprint density at radius 3 is 2.74 bits per heavy atom. The third kappa shape index (κ3) is 3.21. The van der Waals surface area contributed by atoms with Gasteiger partial charge in [0.05, 0.1) is 0 Å². The molecule has 3 aromatic rings. The molecule has 0 amide bonds. The Labute approximate surface area is 131 Å². The molecular weight excluding hydrogens is 302 g/mol. The molecule has 0 bridgehead atoms. The molecule has 0 radical (unpaired) electrons. The molecule has 4 nitrogen and oxygen atoms in total. The van der Waals surface area contributed by atoms with Crippen LogP contribution in [-0.4, -0.2) is 10.8 Å². The van der Waals surface area contributed by atoms with E-state index >= 15 is 0 Å². The Morgan fingerprint density at radius 1 is 1.26 bits per heavy atom. The van der Waals surface area contributed by atoms with Gasteiger partial charge in [-0.05, 0) is 49.2 Å². The van der Waals surface area contributed by atoms with Gasteiger partial charge in [-0.15, -0.1) is 0 Å². The van der Waals surface area contributed by atoms with Gasteiger partial charge in [0.15, 0.2) is 5.58 Å². The summed E-state index contributed by atoms with van der Waals surface area (Å²) in [6.07, 6.45) is 0.00229. The Morgan fingerprint density at radius 2 is 2.04 bits per heavy atom. The number of ketones is 1. The largest absolute Gasteiger partial charge is 0.423 e. The van der Waals surface area contributed by atoms with E-state index in [1.807, 2.05) is 0 Å². The average Bonchev–Trinajstić information content (AvgIpc) is 2.83. The molecule has 3 rings (SSSR count). The van der Waals surface area contributed by atoms with Gasteiger partial charge in [-0.25, -0.2) is 8.78 Å². The van der Waals surface area contributed by atoms with Crippen molar-refractivity contribution in [2.75, 3.05) is 5.32 Å². The number of aryl methyl sites for hydroxylation is 1. The van der Waals surface area contributed by atoms with Gasteiger partial charge >= 0.3 is 0 Å². The number of hydrogen-bond acceptors (Lipinski definition) is 4. The molecule has 0 fully saturated rings. The van der Waals surface area contributed by atoms with Crippen molar-refractivity contribution in [1.29, 1.82) is 0 Å². The second-order valence-electron chi connectivity index (χ2n) is 5.39. The van der Waals surface area contributed by atoms with Crippen LogP contribution in [-0.2, 0) is 11.2 Å². The van der Waals surface area contributed by atoms with Crippen LogP contribution in [0.3, 0.4) is 0 Å². The molecule has 0 atom stereocenters. The van der Waals surface area contributed by atoms with E-state index in [0.29, 0.717) is 22.4 Å². The molecule has 2 aromatic carbocycles. The number of hydrogen-bond donors (Lipinski definition) is 1. The van der Waals surface area contributed by atoms with Crippen molar-refractivity contribution in [2.24, 2.45) is 0 Å². The van der Waals surface area contributed by atoms with E-state index in [4.69, 9.17) is 4.42 Å². The molecule has 0 spiro atoms. The molecule has 23 heavy (non-hydrogen) atoms. The predicted molar refractivity (Wildman–Crippen MR) is 82.8 cm³/mol. The van der Waals surface area contributed by atoms with Gasteiger partial charge in [-0.1, -0.05) is 0 Å². The van der Waals surface area contributed by atoms with Gasteiger partial charge in [0.2, 0.25) is 0 Å². The summed E-state index contributed by atoms with van der Waals surface area (Å²) >= 11 is 0. The highest BCUT2D eigenvalue weighted by atomic mass is 19.1. The van der Waals surface area contributed by atoms with E-state index in [1.165, 1.54) is 31.2 Å². The number of rotatable bonds is 4. The molecule has 0 unspecified atom stereocenters. The summed E-state index contributed by atoms with van der Waals surface area (Å²) < 4.78 is 32.6. The lowest BCUT2D eigenvalue weighted by molar-refractivity contribution is -0.116. The molecule has 0 aliphatic carbocycles. The summed E-state index contributed by atoms with van der Waals surface area (Å²) in [6.45, 7) is 3.15. The molecule has 1 heterocycles. The number of nitrogens with zero attached hydrogens (tertiary/aromatic N) is 1. The molecule has 1 N–H and O–H groups in total. The van der Waals surface area contributed by atoms with E-state index in [-0.39, 0.29) is 29.6 Å². The molecule has 0 aliphatic heterocycles. The van der Waals surface area contributed by atoms with Gasteiger partial charge < -0.3 is 9.73 Å². The average molecular weight is 316 g/mol. The van der Waals surface area contributed by atoms with Crippen LogP contribution in [0.4, 0.5) is 20.5 Å². The highest BCUT2D eigenvalue weighted by Crippen LogP contribution is 2.26. The minimum atomic E-state index is -0.495. The third-order valence-corrected chi connectivity index (χ3v) is 3.43. The van der Waals surface area contributed by atoms with E-state index < -0.39 is 5.82 Å². The summed E-state index contributed by atoms with van der Waals surface area (Å²) in [5.74, 6) is -0.963. The Kier molecular flexibility index (Phi) is 3.82. The van der Waals surface area contributed by atoms with Crippen LogP contribution in [0.1, 0.15) is 18.1 Å². The van der Waals surface area contributed by atoms with Crippen molar-refractivity contribution in [1.82, 2.24) is 4.98 Å². The number of halogens is 2. The lowest BCUT2D eigenvalue weighted by Crippen LogP contribution is -1.99. The van der Waals surface area contributed by atoms with Crippen LogP contribution in [0.15, 0.2) is 34.7 Å². The van der Waals surface area contributed by atoms with E-state index in [1.54, 1.807) is 13.0 Å². The fourth-order valence-corrected chi connectivity index (χ4v) is 2.33. The summed E-state index contributed by atoms with van der Waals surface area (Å²) in [5.41, 5.74) is 2.32. The molecule has 118 valence electrons. The summed E-state index contributed by atoms with van der Waals surface area (Å²) in [7, 11) is 0. The Bertz CT molecular complexity index is 903. The first kappa shape index (κ1) is 15.1. The lowest BCUT2D eigenvalue weighted by atomic mass is 10.1. The number of carbonyl (C=O) groups is 1. The SMILES string of the molecule is CC(=O)Cc1cc2oc(Nc3ccc(F)cc3C)nc2cc1F. The van der Waals surface area contributed by atoms with Crippen molar-refractivity contribution < 1.29 is 18.0 Å². The number of benzene rings is 2. The predicted octanol–water partition coefficient (Wildman–Crippen LogP) is 4.29. The van der Waals surface area contributed by atoms with Crippen molar-refractivity contribution >= 4 is 28.6 Å². The second kappa shape index (κ2) is 5.79. The fourth-order valence-electron chi connectivity index (χ4n) is 2.33. The van der Waals surface area contributed by atoms with E-state index in [9.17, 15) is 13.6 Å². The first-order valence-corrected chi connectivity index (χ1v) is 7.04. The third-order valence-electron chi connectivity index (χ3n) is 3.43. The number of fused-ring (bicyclic) bond motifs is 1. The molecular formula is C17H14F2N2O2. The summed E-state index contributed by atoms with van der Waals surface area (Å²) in [5, 5.41) is 2.93. The Balaban J connectivity index is 1.95. The number of anilines is 2. The minimum absolute atomic E-state index is 0.00229. The number of carbonyl (C=O) groups excluding carboxylic acids is 1. The molecule has 6 heteroatoms. The van der Waals surface area contributed by atoms with Gasteiger partial charge in [-0.3, -0.25) is 4.79 Å². The number of aromatic nitrogens is 1. The van der Waals surface area contributed by atoms with E-state index in [2.05, 4.69) is 10.3 Å². The van der Waals surface area contributed by atoms with Crippen LogP contribution in [0.25, 0.3) is 11.1 Å². The second-order valence-corrected chi connectivity index (χ2v) is 5.39. The highest BCUT2D eigenvalue weighted by molar-refractivity contribution is 5.81. The maximum absolute atomic E-state index is 13.9. The van der Waals surface area contributed by atoms with Crippen molar-refractivity contribution in [3.8, 4) is 0 Å². The van der Waals surface area contributed by atoms with Gasteiger partial charge in [0.25, 0.3) is 6.01 Å². The quantitative estimate of drug-likeness (QED) is 0.780. The number of oxazole rings is 1. The first-order chi connectivity index (χ1) is 10.9. The normalized spacial score (nSPS) is 11.0. The van der Waals surface area contributed by atoms with Crippen LogP contribution >= 0.6 is 0 Å². The van der Waals surface area contributed by atoms with Crippen molar-refractivity contribution in [3.05, 3.63) is 53.1 Å². The number of nitrogens with one attached hydrogen (secondary N) is 1. The van der Waals surface area contributed by atoms with Gasteiger partial charge in [0.1, 0.15) is 22.9 Å². The van der Waals surface area contributed by atoms with Gasteiger partial charge in [0, 0.05) is 18.2 Å². The van der Waals surface area contributed by atoms with Crippen molar-refractivity contribution in [3.63, 3.8) is 0 Å². The Hall–Kier alpha value is -2.76. The van der Waals surface area contributed by atoms with Crippen LogP contribution in [0.2, 0.25) is 0 Å². The smallest absolute Gasteiger partial charge is 0.300 e.